The molecule has 0 amide bonds. The summed E-state index contributed by atoms with van der Waals surface area (Å²) < 4.78 is 0. The molecule has 0 aliphatic heterocycles. The molecule has 1 atom stereocenters. The number of hydrazine groups is 1. The Morgan fingerprint density at radius 1 is 1.35 bits per heavy atom. The largest absolute Gasteiger partial charge is 0.366 e. The van der Waals surface area contributed by atoms with Gasteiger partial charge in [-0.25, -0.2) is 15.8 Å². The molecule has 0 bridgehead atoms. The maximum absolute atomic E-state index is 5.43. The molecule has 4 N–H and O–H groups in total. The minimum atomic E-state index is 0.316. The first-order valence-corrected chi connectivity index (χ1v) is 5.80. The number of hydrogen-bond acceptors (Lipinski definition) is 6. The van der Waals surface area contributed by atoms with Gasteiger partial charge in [0.15, 0.2) is 0 Å². The van der Waals surface area contributed by atoms with Gasteiger partial charge in [0.25, 0.3) is 0 Å². The number of hydrogen-bond donors (Lipinski definition) is 3. The minimum Gasteiger partial charge on any atom is -0.366 e. The summed E-state index contributed by atoms with van der Waals surface area (Å²) in [6.07, 6.45) is 2.34. The summed E-state index contributed by atoms with van der Waals surface area (Å²) in [6.45, 7) is 5.12. The van der Waals surface area contributed by atoms with Crippen molar-refractivity contribution in [2.75, 3.05) is 31.4 Å². The second-order valence-corrected chi connectivity index (χ2v) is 4.35. The van der Waals surface area contributed by atoms with Crippen molar-refractivity contribution in [3.63, 3.8) is 0 Å². The highest BCUT2D eigenvalue weighted by Crippen LogP contribution is 2.20. The topological polar surface area (TPSA) is 79.1 Å². The van der Waals surface area contributed by atoms with Crippen molar-refractivity contribution < 1.29 is 0 Å². The van der Waals surface area contributed by atoms with Crippen LogP contribution in [0, 0.1) is 0 Å². The van der Waals surface area contributed by atoms with Crippen molar-refractivity contribution in [1.29, 1.82) is 0 Å². The number of likely N-dealkylation sites (N-methyl/N-ethyl adjacent to an activating group) is 1. The van der Waals surface area contributed by atoms with E-state index in [4.69, 9.17) is 5.84 Å². The van der Waals surface area contributed by atoms with Crippen LogP contribution < -0.4 is 16.6 Å². The van der Waals surface area contributed by atoms with E-state index in [0.717, 1.165) is 24.3 Å². The summed E-state index contributed by atoms with van der Waals surface area (Å²) in [7, 11) is 4.09. The maximum Gasteiger partial charge on any atom is 0.148 e. The van der Waals surface area contributed by atoms with Crippen LogP contribution in [0.5, 0.6) is 0 Å². The molecule has 6 nitrogen and oxygen atoms in total. The van der Waals surface area contributed by atoms with Gasteiger partial charge < -0.3 is 15.6 Å². The molecule has 1 aromatic rings. The van der Waals surface area contributed by atoms with Crippen LogP contribution in [0.4, 0.5) is 11.6 Å². The Kier molecular flexibility index (Phi) is 5.11. The van der Waals surface area contributed by atoms with E-state index < -0.39 is 0 Å². The van der Waals surface area contributed by atoms with E-state index in [9.17, 15) is 0 Å². The molecule has 96 valence electrons. The minimum absolute atomic E-state index is 0.316. The fourth-order valence-electron chi connectivity index (χ4n) is 1.82. The van der Waals surface area contributed by atoms with Crippen LogP contribution in [0.1, 0.15) is 19.4 Å². The molecule has 1 aromatic heterocycles. The first-order chi connectivity index (χ1) is 8.08. The molecular weight excluding hydrogens is 216 g/mol. The molecule has 0 spiro atoms. The van der Waals surface area contributed by atoms with Gasteiger partial charge >= 0.3 is 0 Å². The van der Waals surface area contributed by atoms with Crippen molar-refractivity contribution >= 4 is 11.6 Å². The average molecular weight is 238 g/mol. The molecule has 0 aliphatic rings. The van der Waals surface area contributed by atoms with Gasteiger partial charge in [0.2, 0.25) is 0 Å². The molecule has 0 radical (unpaired) electrons. The van der Waals surface area contributed by atoms with E-state index >= 15 is 0 Å². The van der Waals surface area contributed by atoms with E-state index in [1.165, 1.54) is 6.33 Å². The second-order valence-electron chi connectivity index (χ2n) is 4.35. The molecule has 1 rings (SSSR count). The molecular formula is C11H22N6. The molecule has 0 saturated heterocycles. The van der Waals surface area contributed by atoms with Gasteiger partial charge in [-0.3, -0.25) is 0 Å². The Balaban J connectivity index is 2.83. The third-order valence-electron chi connectivity index (χ3n) is 2.46. The molecule has 1 unspecified atom stereocenters. The first kappa shape index (κ1) is 13.7. The average Bonchev–Trinajstić information content (AvgIpc) is 2.27. The van der Waals surface area contributed by atoms with Gasteiger partial charge in [0.05, 0.1) is 0 Å². The van der Waals surface area contributed by atoms with Crippen LogP contribution in [0.25, 0.3) is 0 Å². The molecule has 0 saturated carbocycles. The molecule has 0 aliphatic carbocycles. The number of nitrogens with two attached hydrogens (primary N) is 1. The van der Waals surface area contributed by atoms with E-state index in [2.05, 4.69) is 39.5 Å². The van der Waals surface area contributed by atoms with Crippen molar-refractivity contribution in [2.45, 2.75) is 26.3 Å². The van der Waals surface area contributed by atoms with E-state index in [-0.39, 0.29) is 0 Å². The highest BCUT2D eigenvalue weighted by atomic mass is 15.3. The van der Waals surface area contributed by atoms with E-state index in [0.29, 0.717) is 11.9 Å². The van der Waals surface area contributed by atoms with Crippen molar-refractivity contribution in [1.82, 2.24) is 14.9 Å². The fourth-order valence-corrected chi connectivity index (χ4v) is 1.82. The number of anilines is 2. The fraction of sp³-hybridized carbons (Fsp3) is 0.636. The number of aromatic nitrogens is 2. The number of nitrogens with zero attached hydrogens (tertiary/aromatic N) is 3. The van der Waals surface area contributed by atoms with E-state index in [1.54, 1.807) is 0 Å². The highest BCUT2D eigenvalue weighted by molar-refractivity contribution is 5.57. The molecule has 1 heterocycles. The molecule has 17 heavy (non-hydrogen) atoms. The standard InChI is InChI=1S/C11H22N6/c1-5-9-10(13-7-14-11(9)16-12)15-8(2)6-17(3)4/h7-8H,5-6,12H2,1-4H3,(H2,13,14,15,16). The van der Waals surface area contributed by atoms with Crippen LogP contribution in [-0.4, -0.2) is 41.5 Å². The zero-order valence-electron chi connectivity index (χ0n) is 11.0. The summed E-state index contributed by atoms with van der Waals surface area (Å²) in [5.74, 6) is 6.96. The third-order valence-corrected chi connectivity index (χ3v) is 2.46. The number of nitrogen functional groups attached to an aromatic ring is 1. The quantitative estimate of drug-likeness (QED) is 0.500. The van der Waals surface area contributed by atoms with Gasteiger partial charge in [-0.15, -0.1) is 0 Å². The normalized spacial score (nSPS) is 12.6. The smallest absolute Gasteiger partial charge is 0.148 e. The lowest BCUT2D eigenvalue weighted by atomic mass is 10.2. The Labute approximate surface area is 103 Å². The zero-order valence-corrected chi connectivity index (χ0v) is 11.0. The van der Waals surface area contributed by atoms with Gasteiger partial charge in [0, 0.05) is 18.2 Å². The summed E-state index contributed by atoms with van der Waals surface area (Å²) in [5.41, 5.74) is 3.61. The van der Waals surface area contributed by atoms with Crippen LogP contribution in [0.2, 0.25) is 0 Å². The SMILES string of the molecule is CCc1c(NN)ncnc1NC(C)CN(C)C. The van der Waals surface area contributed by atoms with Gasteiger partial charge in [-0.05, 0) is 27.4 Å². The Morgan fingerprint density at radius 3 is 2.53 bits per heavy atom. The van der Waals surface area contributed by atoms with Crippen LogP contribution in [0.3, 0.4) is 0 Å². The molecule has 0 aromatic carbocycles. The van der Waals surface area contributed by atoms with Crippen LogP contribution in [0.15, 0.2) is 6.33 Å². The zero-order chi connectivity index (χ0) is 12.8. The maximum atomic E-state index is 5.43. The molecule has 0 fully saturated rings. The predicted octanol–water partition coefficient (Wildman–Crippen LogP) is 0.687. The Morgan fingerprint density at radius 2 is 2.00 bits per heavy atom. The predicted molar refractivity (Wildman–Crippen MR) is 70.9 cm³/mol. The summed E-state index contributed by atoms with van der Waals surface area (Å²) in [4.78, 5) is 10.5. The van der Waals surface area contributed by atoms with Crippen LogP contribution >= 0.6 is 0 Å². The summed E-state index contributed by atoms with van der Waals surface area (Å²) in [5, 5.41) is 3.38. The van der Waals surface area contributed by atoms with E-state index in [1.807, 2.05) is 14.1 Å². The monoisotopic (exact) mass is 238 g/mol. The second kappa shape index (κ2) is 6.36. The number of nitrogens with one attached hydrogen (secondary N) is 2. The molecule has 6 heteroatoms. The van der Waals surface area contributed by atoms with Gasteiger partial charge in [0.1, 0.15) is 18.0 Å². The first-order valence-electron chi connectivity index (χ1n) is 5.80. The van der Waals surface area contributed by atoms with Crippen molar-refractivity contribution in [3.05, 3.63) is 11.9 Å². The Bertz CT molecular complexity index is 352. The lowest BCUT2D eigenvalue weighted by molar-refractivity contribution is 0.392. The number of rotatable bonds is 6. The lowest BCUT2D eigenvalue weighted by Gasteiger charge is -2.20. The third kappa shape index (κ3) is 3.83. The summed E-state index contributed by atoms with van der Waals surface area (Å²) in [6, 6.07) is 0.316. The highest BCUT2D eigenvalue weighted by Gasteiger charge is 2.11. The van der Waals surface area contributed by atoms with Crippen molar-refractivity contribution in [3.8, 4) is 0 Å². The van der Waals surface area contributed by atoms with Gasteiger partial charge in [-0.1, -0.05) is 6.92 Å². The van der Waals surface area contributed by atoms with Gasteiger partial charge in [-0.2, -0.15) is 0 Å². The summed E-state index contributed by atoms with van der Waals surface area (Å²) >= 11 is 0. The lowest BCUT2D eigenvalue weighted by Crippen LogP contribution is -2.30. The van der Waals surface area contributed by atoms with Crippen LogP contribution in [-0.2, 0) is 6.42 Å². The van der Waals surface area contributed by atoms with Crippen molar-refractivity contribution in [2.24, 2.45) is 5.84 Å². The Hall–Kier alpha value is -1.40.